The van der Waals surface area contributed by atoms with E-state index in [-0.39, 0.29) is 5.92 Å². The molecule has 0 aliphatic rings. The first-order valence-corrected chi connectivity index (χ1v) is 4.35. The van der Waals surface area contributed by atoms with Crippen molar-refractivity contribution in [2.24, 2.45) is 0 Å². The molecule has 0 saturated heterocycles. The number of benzene rings is 1. The van der Waals surface area contributed by atoms with Crippen LogP contribution < -0.4 is 5.46 Å². The van der Waals surface area contributed by atoms with Gasteiger partial charge in [-0.2, -0.15) is 0 Å². The molecule has 1 rings (SSSR count). The summed E-state index contributed by atoms with van der Waals surface area (Å²) in [7, 11) is 0. The number of aromatic hydroxyl groups is 1. The van der Waals surface area contributed by atoms with Crippen molar-refractivity contribution < 1.29 is 18.1 Å². The van der Waals surface area contributed by atoms with Crippen molar-refractivity contribution in [2.75, 3.05) is 0 Å². The summed E-state index contributed by atoms with van der Waals surface area (Å²) in [5.74, 6) is -0.672. The third kappa shape index (κ3) is 2.22. The smallest absolute Gasteiger partial charge is 0.511 e. The van der Waals surface area contributed by atoms with Crippen LogP contribution in [0.25, 0.3) is 0 Å². The molecule has 0 amide bonds. The van der Waals surface area contributed by atoms with Gasteiger partial charge in [0.25, 0.3) is 0 Å². The molecule has 1 nitrogen and oxygen atoms in total. The molecule has 0 spiro atoms. The molecule has 5 heteroatoms. The van der Waals surface area contributed by atoms with Crippen molar-refractivity contribution in [1.29, 1.82) is 0 Å². The van der Waals surface area contributed by atoms with Crippen LogP contribution in [0.3, 0.4) is 0 Å². The molecule has 0 aromatic heterocycles. The van der Waals surface area contributed by atoms with Gasteiger partial charge in [-0.3, -0.25) is 0 Å². The standard InChI is InChI=1S/C9H11BF3O/c1-6(2)7-3-4-9(14)8(5-7)10(11,12)13/h3-6,14H,1-2H3/q-1. The Labute approximate surface area is 80.6 Å². The van der Waals surface area contributed by atoms with Crippen LogP contribution in [0.1, 0.15) is 25.3 Å². The number of rotatable bonds is 2. The summed E-state index contributed by atoms with van der Waals surface area (Å²) in [4.78, 5) is 0. The first-order chi connectivity index (χ1) is 6.32. The Balaban J connectivity index is 3.22. The lowest BCUT2D eigenvalue weighted by molar-refractivity contribution is 0.463. The van der Waals surface area contributed by atoms with Crippen LogP contribution in [0.15, 0.2) is 18.2 Å². The van der Waals surface area contributed by atoms with Crippen LogP contribution in [-0.4, -0.2) is 12.1 Å². The average molecular weight is 203 g/mol. The quantitative estimate of drug-likeness (QED) is 0.732. The molecule has 1 aromatic carbocycles. The van der Waals surface area contributed by atoms with Crippen molar-refractivity contribution in [3.05, 3.63) is 23.8 Å². The summed E-state index contributed by atoms with van der Waals surface area (Å²) in [6, 6.07) is 3.62. The van der Waals surface area contributed by atoms with E-state index in [2.05, 4.69) is 0 Å². The van der Waals surface area contributed by atoms with E-state index in [0.717, 1.165) is 12.1 Å². The van der Waals surface area contributed by atoms with Gasteiger partial charge < -0.3 is 18.1 Å². The maximum atomic E-state index is 12.4. The zero-order valence-corrected chi connectivity index (χ0v) is 7.97. The van der Waals surface area contributed by atoms with E-state index in [1.165, 1.54) is 6.07 Å². The first kappa shape index (κ1) is 11.0. The van der Waals surface area contributed by atoms with Crippen LogP contribution in [0.5, 0.6) is 5.75 Å². The molecular formula is C9H11BF3O-. The maximum absolute atomic E-state index is 12.4. The SMILES string of the molecule is CC(C)c1ccc(O)c([B-](F)(F)F)c1. The van der Waals surface area contributed by atoms with Crippen molar-refractivity contribution >= 4 is 12.4 Å². The molecule has 1 N–H and O–H groups in total. The summed E-state index contributed by atoms with van der Waals surface area (Å²) < 4.78 is 37.2. The fourth-order valence-electron chi connectivity index (χ4n) is 1.19. The minimum atomic E-state index is -5.13. The third-order valence-corrected chi connectivity index (χ3v) is 2.07. The fraction of sp³-hybridized carbons (Fsp3) is 0.333. The monoisotopic (exact) mass is 203 g/mol. The molecule has 0 atom stereocenters. The highest BCUT2D eigenvalue weighted by Crippen LogP contribution is 2.21. The van der Waals surface area contributed by atoms with Crippen molar-refractivity contribution in [3.8, 4) is 5.75 Å². The van der Waals surface area contributed by atoms with Crippen LogP contribution in [-0.2, 0) is 0 Å². The Kier molecular flexibility index (Phi) is 2.78. The molecule has 78 valence electrons. The molecule has 0 saturated carbocycles. The van der Waals surface area contributed by atoms with Crippen molar-refractivity contribution in [2.45, 2.75) is 19.8 Å². The molecule has 0 aliphatic carbocycles. The molecule has 0 fully saturated rings. The van der Waals surface area contributed by atoms with E-state index in [1.54, 1.807) is 13.8 Å². The summed E-state index contributed by atoms with van der Waals surface area (Å²) >= 11 is 0. The van der Waals surface area contributed by atoms with Gasteiger partial charge in [-0.15, -0.1) is 0 Å². The van der Waals surface area contributed by atoms with Crippen LogP contribution >= 0.6 is 0 Å². The Morgan fingerprint density at radius 3 is 2.21 bits per heavy atom. The Morgan fingerprint density at radius 2 is 1.79 bits per heavy atom. The summed E-state index contributed by atoms with van der Waals surface area (Å²) in [5, 5.41) is 9.05. The normalized spacial score (nSPS) is 12.1. The Hall–Kier alpha value is -1.13. The van der Waals surface area contributed by atoms with Crippen LogP contribution in [0, 0.1) is 0 Å². The van der Waals surface area contributed by atoms with Crippen LogP contribution in [0.2, 0.25) is 0 Å². The highest BCUT2D eigenvalue weighted by atomic mass is 19.4. The van der Waals surface area contributed by atoms with Crippen LogP contribution in [0.4, 0.5) is 12.9 Å². The van der Waals surface area contributed by atoms with E-state index < -0.39 is 18.2 Å². The molecule has 0 aliphatic heterocycles. The van der Waals surface area contributed by atoms with Gasteiger partial charge >= 0.3 is 6.98 Å². The van der Waals surface area contributed by atoms with Gasteiger partial charge in [-0.1, -0.05) is 31.4 Å². The zero-order chi connectivity index (χ0) is 10.9. The van der Waals surface area contributed by atoms with Gasteiger partial charge in [0.2, 0.25) is 0 Å². The summed E-state index contributed by atoms with van der Waals surface area (Å²) in [6.45, 7) is -1.52. The second-order valence-corrected chi connectivity index (χ2v) is 3.55. The lowest BCUT2D eigenvalue weighted by atomic mass is 9.77. The largest absolute Gasteiger partial charge is 0.513 e. The predicted molar refractivity (Wildman–Crippen MR) is 50.9 cm³/mol. The second-order valence-electron chi connectivity index (χ2n) is 3.55. The van der Waals surface area contributed by atoms with Gasteiger partial charge in [0, 0.05) is 0 Å². The van der Waals surface area contributed by atoms with Gasteiger partial charge in [0.1, 0.15) is 0 Å². The highest BCUT2D eigenvalue weighted by molar-refractivity contribution is 6.74. The molecule has 0 unspecified atom stereocenters. The van der Waals surface area contributed by atoms with E-state index in [4.69, 9.17) is 5.11 Å². The van der Waals surface area contributed by atoms with E-state index in [0.29, 0.717) is 5.56 Å². The molecule has 0 heterocycles. The topological polar surface area (TPSA) is 20.2 Å². The third-order valence-electron chi connectivity index (χ3n) is 2.07. The lowest BCUT2D eigenvalue weighted by Gasteiger charge is -2.18. The number of hydrogen-bond acceptors (Lipinski definition) is 1. The molecule has 0 radical (unpaired) electrons. The number of phenols is 1. The van der Waals surface area contributed by atoms with Gasteiger partial charge in [-0.25, -0.2) is 0 Å². The fourth-order valence-corrected chi connectivity index (χ4v) is 1.19. The predicted octanol–water partition coefficient (Wildman–Crippen LogP) is 2.57. The van der Waals surface area contributed by atoms with E-state index in [1.807, 2.05) is 0 Å². The van der Waals surface area contributed by atoms with Gasteiger partial charge in [0.15, 0.2) is 0 Å². The Morgan fingerprint density at radius 1 is 1.21 bits per heavy atom. The molecular weight excluding hydrogens is 192 g/mol. The van der Waals surface area contributed by atoms with E-state index >= 15 is 0 Å². The van der Waals surface area contributed by atoms with Gasteiger partial charge in [0.05, 0.1) is 5.75 Å². The number of phenolic OH excluding ortho intramolecular Hbond substituents is 1. The second kappa shape index (κ2) is 3.56. The number of halogens is 3. The maximum Gasteiger partial charge on any atom is 0.513 e. The minimum absolute atomic E-state index is 0.0208. The summed E-state index contributed by atoms with van der Waals surface area (Å²) in [6.07, 6.45) is 0. The first-order valence-electron chi connectivity index (χ1n) is 4.35. The Bertz CT molecular complexity index is 333. The molecule has 0 bridgehead atoms. The summed E-state index contributed by atoms with van der Waals surface area (Å²) in [5.41, 5.74) is -0.326. The lowest BCUT2D eigenvalue weighted by Crippen LogP contribution is -2.34. The van der Waals surface area contributed by atoms with Gasteiger partial charge in [-0.05, 0) is 17.5 Å². The minimum Gasteiger partial charge on any atom is -0.511 e. The molecule has 14 heavy (non-hydrogen) atoms. The highest BCUT2D eigenvalue weighted by Gasteiger charge is 2.29. The zero-order valence-electron chi connectivity index (χ0n) is 7.97. The average Bonchev–Trinajstić information content (AvgIpc) is 2.02. The van der Waals surface area contributed by atoms with E-state index in [9.17, 15) is 12.9 Å². The number of hydrogen-bond donors (Lipinski definition) is 1. The van der Waals surface area contributed by atoms with Crippen molar-refractivity contribution in [3.63, 3.8) is 0 Å². The molecule has 1 aromatic rings. The van der Waals surface area contributed by atoms with Crippen molar-refractivity contribution in [1.82, 2.24) is 0 Å².